The number of nitrogens with zero attached hydrogens (tertiary/aromatic N) is 2. The van der Waals surface area contributed by atoms with Gasteiger partial charge in [-0.1, -0.05) is 11.6 Å². The maximum absolute atomic E-state index is 10.7. The molecule has 0 amide bonds. The minimum Gasteiger partial charge on any atom is -0.0312 e. The molecule has 27 heavy (non-hydrogen) atoms. The first kappa shape index (κ1) is 26.8. The van der Waals surface area contributed by atoms with E-state index in [2.05, 4.69) is 29.0 Å². The van der Waals surface area contributed by atoms with Crippen LogP contribution in [0.1, 0.15) is 0 Å². The van der Waals surface area contributed by atoms with Crippen LogP contribution in [0, 0.1) is 32.1 Å². The van der Waals surface area contributed by atoms with Gasteiger partial charge in [-0.2, -0.15) is 0 Å². The summed E-state index contributed by atoms with van der Waals surface area (Å²) in [6, 6.07) is 8.09. The SMILES string of the molecule is CN1CCN(c2ccc(Cl)cc2)CC1.F[P-](F)(F)(F)(F)F.[CH]1[CH][CH][CH][CH]1.[Fe+2]. The number of hydrogen-bond donors (Lipinski definition) is 0. The van der Waals surface area contributed by atoms with E-state index in [4.69, 9.17) is 11.6 Å². The van der Waals surface area contributed by atoms with Crippen molar-refractivity contribution in [2.24, 2.45) is 0 Å². The maximum Gasteiger partial charge on any atom is 2.00 e. The van der Waals surface area contributed by atoms with Gasteiger partial charge in [0.1, 0.15) is 0 Å². The van der Waals surface area contributed by atoms with Crippen molar-refractivity contribution in [3.8, 4) is 0 Å². The van der Waals surface area contributed by atoms with Crippen LogP contribution in [0.25, 0.3) is 0 Å². The summed E-state index contributed by atoms with van der Waals surface area (Å²) in [6.07, 6.45) is 10.0. The van der Waals surface area contributed by atoms with Gasteiger partial charge in [-0.15, -0.1) is 0 Å². The van der Waals surface area contributed by atoms with Crippen LogP contribution >= 0.6 is 19.4 Å². The molecule has 2 fully saturated rings. The number of benzene rings is 1. The molecule has 1 aliphatic carbocycles. The van der Waals surface area contributed by atoms with Crippen LogP contribution in [-0.2, 0) is 17.1 Å². The Bertz CT molecular complexity index is 525. The van der Waals surface area contributed by atoms with Gasteiger partial charge >= 0.3 is 50.1 Å². The smallest absolute Gasteiger partial charge is 0.0312 e. The molecule has 1 aliphatic heterocycles. The van der Waals surface area contributed by atoms with E-state index < -0.39 is 7.81 Å². The second kappa shape index (κ2) is 10.0. The van der Waals surface area contributed by atoms with Gasteiger partial charge in [-0.3, -0.25) is 0 Å². The van der Waals surface area contributed by atoms with Crippen LogP contribution in [0.3, 0.4) is 0 Å². The van der Waals surface area contributed by atoms with Crippen molar-refractivity contribution in [1.29, 1.82) is 0 Å². The second-order valence-corrected chi connectivity index (χ2v) is 8.04. The molecule has 2 nitrogen and oxygen atoms in total. The standard InChI is InChI=1S/C11H15ClN2.C5H5.F6P.Fe/c1-13-6-8-14(9-7-13)11-4-2-10(12)3-5-11;1-2-4-5-3-1;1-7(2,3,4,5)6;/h2-5H,6-9H2,1H3;1-5H;;/q;;-1;+2. The molecular formula is C16H20ClF6FeN2P+. The fourth-order valence-corrected chi connectivity index (χ4v) is 2.16. The van der Waals surface area contributed by atoms with E-state index in [1.165, 1.54) is 5.69 Å². The molecule has 2 aliphatic rings. The van der Waals surface area contributed by atoms with Crippen LogP contribution in [0.5, 0.6) is 0 Å². The predicted molar refractivity (Wildman–Crippen MR) is 96.2 cm³/mol. The molecule has 155 valence electrons. The van der Waals surface area contributed by atoms with Crippen LogP contribution in [0.4, 0.5) is 30.9 Å². The predicted octanol–water partition coefficient (Wildman–Crippen LogP) is 6.49. The third-order valence-electron chi connectivity index (χ3n) is 3.25. The Morgan fingerprint density at radius 3 is 1.41 bits per heavy atom. The van der Waals surface area contributed by atoms with Crippen molar-refractivity contribution in [2.75, 3.05) is 38.1 Å². The molecule has 1 saturated heterocycles. The van der Waals surface area contributed by atoms with Gasteiger partial charge in [0.05, 0.1) is 0 Å². The fraction of sp³-hybridized carbons (Fsp3) is 0.312. The monoisotopic (exact) mass is 476 g/mol. The summed E-state index contributed by atoms with van der Waals surface area (Å²) >= 11 is 5.85. The van der Waals surface area contributed by atoms with Crippen molar-refractivity contribution in [3.63, 3.8) is 0 Å². The molecule has 0 unspecified atom stereocenters. The van der Waals surface area contributed by atoms with Crippen LogP contribution in [0.15, 0.2) is 24.3 Å². The maximum atomic E-state index is 9.87. The first-order chi connectivity index (χ1) is 11.7. The topological polar surface area (TPSA) is 6.48 Å². The van der Waals surface area contributed by atoms with Gasteiger partial charge in [-0.25, -0.2) is 0 Å². The summed E-state index contributed by atoms with van der Waals surface area (Å²) in [5.74, 6) is 0. The van der Waals surface area contributed by atoms with E-state index in [0.717, 1.165) is 31.2 Å². The van der Waals surface area contributed by atoms with Crippen LogP contribution < -0.4 is 4.90 Å². The Kier molecular flexibility index (Phi) is 9.94. The number of rotatable bonds is 1. The first-order valence-electron chi connectivity index (χ1n) is 7.63. The molecule has 1 aromatic carbocycles. The first-order valence-corrected chi connectivity index (χ1v) is 10.0. The third-order valence-corrected chi connectivity index (χ3v) is 3.50. The fourth-order valence-electron chi connectivity index (χ4n) is 2.04. The summed E-state index contributed by atoms with van der Waals surface area (Å²) < 4.78 is 59.2. The average Bonchev–Trinajstić information content (AvgIpc) is 3.05. The van der Waals surface area contributed by atoms with Crippen LogP contribution in [0.2, 0.25) is 5.02 Å². The Morgan fingerprint density at radius 1 is 0.741 bits per heavy atom. The molecular weight excluding hydrogens is 456 g/mol. The van der Waals surface area contributed by atoms with E-state index in [1.54, 1.807) is 0 Å². The average molecular weight is 477 g/mol. The quantitative estimate of drug-likeness (QED) is 0.260. The van der Waals surface area contributed by atoms with E-state index in [0.29, 0.717) is 0 Å². The summed E-state index contributed by atoms with van der Waals surface area (Å²) in [5.41, 5.74) is 1.28. The normalized spacial score (nSPS) is 20.1. The van der Waals surface area contributed by atoms with Gasteiger partial charge in [0.2, 0.25) is 0 Å². The molecule has 0 atom stereocenters. The number of anilines is 1. The molecule has 5 radical (unpaired) electrons. The molecule has 11 heteroatoms. The Balaban J connectivity index is 0.000000437. The van der Waals surface area contributed by atoms with Crippen molar-refractivity contribution in [2.45, 2.75) is 0 Å². The van der Waals surface area contributed by atoms with E-state index in [1.807, 2.05) is 44.2 Å². The minimum absolute atomic E-state index is 0. The van der Waals surface area contributed by atoms with Gasteiger partial charge < -0.3 is 9.80 Å². The Hall–Kier alpha value is -0.201. The van der Waals surface area contributed by atoms with Gasteiger partial charge in [0.15, 0.2) is 0 Å². The molecule has 1 heterocycles. The molecule has 3 rings (SSSR count). The molecule has 0 aromatic heterocycles. The zero-order chi connectivity index (χ0) is 19.9. The van der Waals surface area contributed by atoms with Crippen molar-refractivity contribution < 1.29 is 42.3 Å². The Morgan fingerprint density at radius 2 is 1.07 bits per heavy atom. The third kappa shape index (κ3) is 17.6. The van der Waals surface area contributed by atoms with E-state index in [9.17, 15) is 25.2 Å². The van der Waals surface area contributed by atoms with Crippen LogP contribution in [-0.4, -0.2) is 38.1 Å². The zero-order valence-electron chi connectivity index (χ0n) is 14.4. The molecule has 0 bridgehead atoms. The summed E-state index contributed by atoms with van der Waals surface area (Å²) in [7, 11) is -8.49. The Labute approximate surface area is 171 Å². The van der Waals surface area contributed by atoms with Crippen molar-refractivity contribution in [3.05, 3.63) is 61.4 Å². The van der Waals surface area contributed by atoms with Crippen molar-refractivity contribution >= 4 is 25.1 Å². The molecule has 1 aromatic rings. The van der Waals surface area contributed by atoms with E-state index in [-0.39, 0.29) is 17.1 Å². The summed E-state index contributed by atoms with van der Waals surface area (Å²) in [5, 5.41) is 0.808. The van der Waals surface area contributed by atoms with E-state index >= 15 is 0 Å². The van der Waals surface area contributed by atoms with Gasteiger partial charge in [0.25, 0.3) is 0 Å². The number of halogens is 7. The largest absolute Gasteiger partial charge is 2.00 e. The summed E-state index contributed by atoms with van der Waals surface area (Å²) in [6.45, 7) is 4.50. The molecule has 1 saturated carbocycles. The molecule has 0 N–H and O–H groups in total. The zero-order valence-corrected chi connectivity index (χ0v) is 17.1. The second-order valence-electron chi connectivity index (χ2n) is 5.69. The number of piperazine rings is 1. The number of likely N-dealkylation sites (N-methyl/N-ethyl adjacent to an activating group) is 1. The minimum atomic E-state index is -10.7. The molecule has 0 spiro atoms. The van der Waals surface area contributed by atoms with Crippen molar-refractivity contribution in [1.82, 2.24) is 4.90 Å². The van der Waals surface area contributed by atoms with Gasteiger partial charge in [0, 0.05) is 36.9 Å². The number of hydrogen-bond acceptors (Lipinski definition) is 2. The summed E-state index contributed by atoms with van der Waals surface area (Å²) in [4.78, 5) is 4.75. The van der Waals surface area contributed by atoms with Gasteiger partial charge in [-0.05, 0) is 63.4 Å².